The van der Waals surface area contributed by atoms with E-state index in [0.717, 1.165) is 116 Å². The topological polar surface area (TPSA) is 429 Å². The number of amides is 1. The van der Waals surface area contributed by atoms with Crippen molar-refractivity contribution in [3.05, 3.63) is 0 Å². The molecule has 13 bridgehead atoms. The summed E-state index contributed by atoms with van der Waals surface area (Å²) in [5.74, 6) is -12.6. The van der Waals surface area contributed by atoms with Crippen molar-refractivity contribution in [2.45, 2.75) is 486 Å². The molecule has 24 saturated heterocycles. The maximum Gasteiger partial charge on any atom is 0.311 e. The molecule has 818 valence electrons. The van der Waals surface area contributed by atoms with E-state index in [2.05, 4.69) is 46.9 Å². The van der Waals surface area contributed by atoms with Crippen LogP contribution in [0.3, 0.4) is 0 Å². The van der Waals surface area contributed by atoms with Crippen LogP contribution < -0.4 is 5.32 Å². The molecule has 30 fully saturated rings. The first-order valence-corrected chi connectivity index (χ1v) is 55.5. The van der Waals surface area contributed by atoms with E-state index in [-0.39, 0.29) is 101 Å². The van der Waals surface area contributed by atoms with Crippen molar-refractivity contribution in [2.24, 2.45) is 142 Å². The van der Waals surface area contributed by atoms with Gasteiger partial charge in [0.2, 0.25) is 78.4 Å². The van der Waals surface area contributed by atoms with E-state index >= 15 is 0 Å². The molecule has 0 aromatic carbocycles. The van der Waals surface area contributed by atoms with E-state index in [1.165, 1.54) is 6.92 Å². The minimum atomic E-state index is -2.36. The highest BCUT2D eigenvalue weighted by Gasteiger charge is 2.78. The third kappa shape index (κ3) is 17.0. The van der Waals surface area contributed by atoms with Gasteiger partial charge in [0.05, 0.1) is 49.7 Å². The fourth-order valence-electron chi connectivity index (χ4n) is 33.5. The molecule has 30 rings (SSSR count). The van der Waals surface area contributed by atoms with Gasteiger partial charge in [-0.15, -0.1) is 0 Å². The van der Waals surface area contributed by atoms with Gasteiger partial charge in [-0.3, -0.25) is 33.6 Å². The van der Waals surface area contributed by atoms with Crippen molar-refractivity contribution in [3.63, 3.8) is 0 Å². The van der Waals surface area contributed by atoms with Gasteiger partial charge in [0.25, 0.3) is 0 Å². The van der Waals surface area contributed by atoms with Crippen molar-refractivity contribution >= 4 is 41.7 Å². The Balaban J connectivity index is 0.000000161. The van der Waals surface area contributed by atoms with E-state index in [4.69, 9.17) is 144 Å². The molecule has 0 aromatic rings. The lowest BCUT2D eigenvalue weighted by Crippen LogP contribution is -2.70. The lowest BCUT2D eigenvalue weighted by atomic mass is 9.58. The minimum Gasteiger partial charge on any atom is -0.435 e. The van der Waals surface area contributed by atoms with Gasteiger partial charge < -0.3 is 95.7 Å². The summed E-state index contributed by atoms with van der Waals surface area (Å²) in [4.78, 5) is 175. The zero-order valence-electron chi connectivity index (χ0n) is 88.3. The molecule has 24 aliphatic heterocycles. The number of nitrogens with one attached hydrogen (secondary N) is 1. The Hall–Kier alpha value is -4.71. The number of aliphatic hydroxyl groups is 1. The minimum absolute atomic E-state index is 0.0778. The molecule has 1 amide bonds. The van der Waals surface area contributed by atoms with Crippen LogP contribution >= 0.6 is 0 Å². The number of rotatable bonds is 19. The third-order valence-electron chi connectivity index (χ3n) is 41.6. The summed E-state index contributed by atoms with van der Waals surface area (Å²) >= 11 is 0. The van der Waals surface area contributed by atoms with Crippen molar-refractivity contribution in [1.29, 1.82) is 0 Å². The van der Waals surface area contributed by atoms with Crippen LogP contribution in [0.4, 0.5) is 0 Å². The summed E-state index contributed by atoms with van der Waals surface area (Å²) in [7, 11) is 0. The number of esters is 6. The highest BCUT2D eigenvalue weighted by Crippen LogP contribution is 2.69. The SMILES string of the molecule is CC(=O)NC(CC(=O)OC1O[C@@H]2O[C@]3(C)CC[C@@H]4C[C@@]2(OO3)[C@@H](CC[C@H]4C)[C@H]1C)(CC(=O)OC1O[C@@H]2O[C@@]3(C)CC[C@H]4[C@H](C)CC[C@@H]([C@H]1C)[C@@]24OO3)CC(=O)OC1O[C@@H]2O[C@]3(C)CC[C@H]4[C@H](C)CC[C@@H]([C@H]1C)[C@@]24OO3.C[C@@H]1CC[C@H]2[C@@H](C)C(OC(=O)CC(O)(CC(=O)OC3O[C@@H]4O[C@]5(C)CC[C@H]6[C@H](C)CC[C@@H]([C@H]3C)[C@@]46OO5)CC(=O)OC3O[C@@H]4O[C@]5(C)CC[C@H]6[C@H](C)CC[C@@H]([C@H]3C)[C@@]46OO5)O[C@@H]3O[C@@]4(C)CC[C@@H]1[C@]32OO4. The molecule has 6 aliphatic carbocycles. The average Bonchev–Trinajstić information content (AvgIpc) is 1.45. The van der Waals surface area contributed by atoms with Crippen LogP contribution in [0, 0.1) is 142 Å². The van der Waals surface area contributed by atoms with Gasteiger partial charge in [-0.2, -0.15) is 0 Å². The first-order chi connectivity index (χ1) is 69.1. The standard InChI is InChI=1S/C55H81NO19.C52H76O19/c1-27-11-14-37-30(4)43(64-46-53(37)23-34(27)17-20-49(8,67-46)70-73-53)61-40(58)24-52(56-33(7)57,25-41(59)62-44-31(5)38-15-12-28(2)35-18-21-50(9)68-47(65-44)54(35,38)74-71-50)26-42(60)63-45-32(6)39-16-13-29(3)36-19-22-51(10)69-48(66-45)55(36,39)75-72-51;1-25-10-13-34-28(4)40(60-43-50(34)31(25)16-19-46(7,63-43)66-69-50)57-37(53)22-49(56,23-38(54)58-41-29(5)35-14-11-26(2)32-17-20-47(8)64-44(61-41)51(32,35)70-67-47)24-39(55)59-42-30(6)36-15-12-27(3)33-18-21-48(9)65-45(62-42)52(33,36)71-68-48/h27-32,34-39,43-48H,11-26H2,1-10H3,(H,56,57);25-36,40-45,56H,10-24H2,1-9H3/t27-,28-,29-,30-,31-,32-,34-,35+,36+,37+,38+,39+,43?,44?,45?,46-,47-,48-,49+,50-,51+,52?,53-,54-,55-;25-,26-,27-,28-,29-,30-,31+,32+,33+,34+,35+,36+,40?,41?,42?,43-,44-,45-,46-,47+,48+,49?,50-,51-,52-/m11/s1. The molecule has 146 heavy (non-hydrogen) atoms. The molecule has 49 atom stereocenters. The van der Waals surface area contributed by atoms with E-state index in [1.54, 1.807) is 0 Å². The lowest BCUT2D eigenvalue weighted by molar-refractivity contribution is -0.580. The molecule has 2 N–H and O–H groups in total. The Morgan fingerprint density at radius 3 is 0.753 bits per heavy atom. The Morgan fingerprint density at radius 1 is 0.267 bits per heavy atom. The average molecular weight is 2070 g/mol. The normalized spacial score (nSPS) is 54.0. The smallest absolute Gasteiger partial charge is 0.311 e. The van der Waals surface area contributed by atoms with E-state index in [0.29, 0.717) is 86.4 Å². The summed E-state index contributed by atoms with van der Waals surface area (Å²) in [6, 6.07) is 0. The highest BCUT2D eigenvalue weighted by atomic mass is 17.3. The van der Waals surface area contributed by atoms with E-state index in [1.807, 2.05) is 83.1 Å². The number of carbonyl (C=O) groups excluding carboxylic acids is 7. The third-order valence-corrected chi connectivity index (χ3v) is 41.6. The largest absolute Gasteiger partial charge is 0.435 e. The molecule has 6 saturated carbocycles. The quantitative estimate of drug-likeness (QED) is 0.0689. The Morgan fingerprint density at radius 2 is 0.486 bits per heavy atom. The zero-order valence-corrected chi connectivity index (χ0v) is 88.3. The second-order valence-corrected chi connectivity index (χ2v) is 51.3. The molecular weight excluding hydrogens is 1910 g/mol. The summed E-state index contributed by atoms with van der Waals surface area (Å²) in [6.45, 7) is 37.2. The van der Waals surface area contributed by atoms with Crippen molar-refractivity contribution in [2.75, 3.05) is 0 Å². The molecule has 6 spiro atoms. The van der Waals surface area contributed by atoms with Crippen molar-refractivity contribution in [3.8, 4) is 0 Å². The first kappa shape index (κ1) is 104. The number of fused-ring (bicyclic) bond motifs is 12. The number of hydrogen-bond donors (Lipinski definition) is 2. The second-order valence-electron chi connectivity index (χ2n) is 51.3. The number of carbonyl (C=O) groups is 7. The molecule has 24 heterocycles. The fraction of sp³-hybridized carbons (Fsp3) is 0.935. The van der Waals surface area contributed by atoms with Crippen molar-refractivity contribution < 1.29 is 183 Å². The Kier molecular flexibility index (Phi) is 26.6. The predicted molar refractivity (Wildman–Crippen MR) is 491 cm³/mol. The van der Waals surface area contributed by atoms with Crippen LogP contribution in [0.25, 0.3) is 0 Å². The number of ether oxygens (including phenoxy) is 18. The Bertz CT molecular complexity index is 4640. The van der Waals surface area contributed by atoms with Gasteiger partial charge in [0, 0.05) is 116 Å². The zero-order chi connectivity index (χ0) is 103. The van der Waals surface area contributed by atoms with Crippen LogP contribution in [0.1, 0.15) is 331 Å². The van der Waals surface area contributed by atoms with Crippen LogP contribution in [-0.2, 0) is 177 Å². The van der Waals surface area contributed by atoms with Gasteiger partial charge in [-0.25, -0.2) is 58.7 Å². The van der Waals surface area contributed by atoms with Crippen molar-refractivity contribution in [1.82, 2.24) is 5.32 Å². The van der Waals surface area contributed by atoms with Gasteiger partial charge in [0.15, 0.2) is 71.3 Å². The maximum atomic E-state index is 14.8. The first-order valence-electron chi connectivity index (χ1n) is 55.5. The molecule has 7 unspecified atom stereocenters. The summed E-state index contributed by atoms with van der Waals surface area (Å²) < 4.78 is 116. The molecule has 0 radical (unpaired) electrons. The molecular formula is C107H157NO38. The Labute approximate surface area is 853 Å². The maximum absolute atomic E-state index is 14.8. The van der Waals surface area contributed by atoms with Gasteiger partial charge >= 0.3 is 35.8 Å². The van der Waals surface area contributed by atoms with Crippen LogP contribution in [-0.4, -0.2) is 202 Å². The van der Waals surface area contributed by atoms with Crippen LogP contribution in [0.15, 0.2) is 0 Å². The predicted octanol–water partition coefficient (Wildman–Crippen LogP) is 14.8. The lowest BCUT2D eigenvalue weighted by Gasteiger charge is -2.60. The van der Waals surface area contributed by atoms with Gasteiger partial charge in [-0.05, 0) is 228 Å². The van der Waals surface area contributed by atoms with Gasteiger partial charge in [-0.1, -0.05) is 89.5 Å². The van der Waals surface area contributed by atoms with E-state index in [9.17, 15) is 38.7 Å². The highest BCUT2D eigenvalue weighted by molar-refractivity contribution is 5.84. The molecule has 30 aliphatic rings. The number of hydrogen-bond acceptors (Lipinski definition) is 38. The fourth-order valence-corrected chi connectivity index (χ4v) is 33.5. The van der Waals surface area contributed by atoms with Crippen LogP contribution in [0.5, 0.6) is 0 Å². The summed E-state index contributed by atoms with van der Waals surface area (Å²) in [6.07, 6.45) is 3.13. The summed E-state index contributed by atoms with van der Waals surface area (Å²) in [5, 5.41) is 15.5. The van der Waals surface area contributed by atoms with Crippen LogP contribution in [0.2, 0.25) is 0 Å². The molecule has 39 heteroatoms. The summed E-state index contributed by atoms with van der Waals surface area (Å²) in [5.41, 5.74) is -9.76. The molecule has 0 aromatic heterocycles. The monoisotopic (exact) mass is 2060 g/mol. The second kappa shape index (κ2) is 37.3. The molecule has 39 nitrogen and oxygen atoms in total. The van der Waals surface area contributed by atoms with Gasteiger partial charge in [0.1, 0.15) is 0 Å². The van der Waals surface area contributed by atoms with E-state index < -0.39 is 235 Å².